The first kappa shape index (κ1) is 17.9. The Morgan fingerprint density at radius 1 is 1.15 bits per heavy atom. The van der Waals surface area contributed by atoms with Crippen molar-refractivity contribution in [3.63, 3.8) is 0 Å². The second kappa shape index (κ2) is 6.58. The zero-order valence-corrected chi connectivity index (χ0v) is 15.3. The van der Waals surface area contributed by atoms with Crippen molar-refractivity contribution >= 4 is 26.5 Å². The Morgan fingerprint density at radius 2 is 1.89 bits per heavy atom. The van der Waals surface area contributed by atoms with Crippen molar-refractivity contribution in [3.05, 3.63) is 70.7 Å². The second-order valence-corrected chi connectivity index (χ2v) is 8.98. The number of aliphatic hydroxyl groups is 1. The van der Waals surface area contributed by atoms with Gasteiger partial charge in [-0.15, -0.1) is 0 Å². The summed E-state index contributed by atoms with van der Waals surface area (Å²) in [5.41, 5.74) is 3.77. The van der Waals surface area contributed by atoms with Crippen LogP contribution >= 0.6 is 0 Å². The maximum absolute atomic E-state index is 13.8. The molecule has 0 fully saturated rings. The third kappa shape index (κ3) is 3.28. The van der Waals surface area contributed by atoms with Gasteiger partial charge in [-0.05, 0) is 29.3 Å². The van der Waals surface area contributed by atoms with Crippen LogP contribution in [0.3, 0.4) is 0 Å². The van der Waals surface area contributed by atoms with Gasteiger partial charge in [0.2, 0.25) is 0 Å². The van der Waals surface area contributed by atoms with Gasteiger partial charge in [0, 0.05) is 35.1 Å². The third-order valence-electron chi connectivity index (χ3n) is 5.02. The molecule has 0 amide bonds. The molecule has 27 heavy (non-hydrogen) atoms. The average molecular weight is 387 g/mol. The molecule has 4 rings (SSSR count). The van der Waals surface area contributed by atoms with Crippen LogP contribution < -0.4 is 0 Å². The molecule has 0 aliphatic carbocycles. The monoisotopic (exact) mass is 387 g/mol. The average Bonchev–Trinajstić information content (AvgIpc) is 2.93. The number of nitrogens with zero attached hydrogens (tertiary/aromatic N) is 1. The molecule has 1 N–H and O–H groups in total. The first-order valence-electron chi connectivity index (χ1n) is 8.61. The molecule has 0 bridgehead atoms. The van der Waals surface area contributed by atoms with Crippen molar-refractivity contribution < 1.29 is 22.7 Å². The minimum atomic E-state index is -3.18. The van der Waals surface area contributed by atoms with Crippen molar-refractivity contribution in [2.45, 2.75) is 18.7 Å². The normalized spacial score (nSPS) is 15.6. The lowest BCUT2D eigenvalue weighted by Gasteiger charge is -2.17. The minimum absolute atomic E-state index is 0.0702. The molecule has 0 saturated heterocycles. The fourth-order valence-corrected chi connectivity index (χ4v) is 5.10. The van der Waals surface area contributed by atoms with Crippen LogP contribution in [-0.2, 0) is 28.6 Å². The molecule has 0 unspecified atom stereocenters. The highest BCUT2D eigenvalue weighted by Crippen LogP contribution is 2.33. The summed E-state index contributed by atoms with van der Waals surface area (Å²) in [6.07, 6.45) is 0.398. The lowest BCUT2D eigenvalue weighted by molar-refractivity contribution is 0.0903. The maximum atomic E-state index is 13.8. The molecular formula is C20H18FNO4S. The zero-order valence-electron chi connectivity index (χ0n) is 14.5. The van der Waals surface area contributed by atoms with E-state index in [1.807, 2.05) is 16.7 Å². The summed E-state index contributed by atoms with van der Waals surface area (Å²) in [6.45, 7) is -0.0414. The Kier molecular flexibility index (Phi) is 4.36. The Bertz CT molecular complexity index is 1150. The van der Waals surface area contributed by atoms with Gasteiger partial charge in [-0.25, -0.2) is 12.8 Å². The summed E-state index contributed by atoms with van der Waals surface area (Å²) < 4.78 is 40.0. The zero-order chi connectivity index (χ0) is 19.2. The Labute approximate surface area is 156 Å². The van der Waals surface area contributed by atoms with Crippen molar-refractivity contribution in [1.29, 1.82) is 0 Å². The molecule has 1 aromatic heterocycles. The van der Waals surface area contributed by atoms with E-state index < -0.39 is 22.3 Å². The second-order valence-electron chi connectivity index (χ2n) is 6.79. The van der Waals surface area contributed by atoms with Gasteiger partial charge in [-0.1, -0.05) is 24.3 Å². The van der Waals surface area contributed by atoms with Gasteiger partial charge in [-0.3, -0.25) is 4.79 Å². The maximum Gasteiger partial charge on any atom is 0.188 e. The highest BCUT2D eigenvalue weighted by molar-refractivity contribution is 7.90. The van der Waals surface area contributed by atoms with E-state index in [4.69, 9.17) is 5.11 Å². The summed E-state index contributed by atoms with van der Waals surface area (Å²) in [4.78, 5) is 11.6. The molecule has 1 aliphatic rings. The lowest BCUT2D eigenvalue weighted by Crippen LogP contribution is -2.20. The van der Waals surface area contributed by atoms with Crippen molar-refractivity contribution in [1.82, 2.24) is 4.57 Å². The van der Waals surface area contributed by atoms with Gasteiger partial charge >= 0.3 is 0 Å². The van der Waals surface area contributed by atoms with Crippen molar-refractivity contribution in [2.24, 2.45) is 0 Å². The van der Waals surface area contributed by atoms with E-state index in [9.17, 15) is 17.6 Å². The molecule has 0 spiro atoms. The Morgan fingerprint density at radius 3 is 2.59 bits per heavy atom. The first-order valence-corrected chi connectivity index (χ1v) is 10.4. The van der Waals surface area contributed by atoms with E-state index in [-0.39, 0.29) is 17.3 Å². The smallest absolute Gasteiger partial charge is 0.188 e. The lowest BCUT2D eigenvalue weighted by atomic mass is 10.1. The van der Waals surface area contributed by atoms with Crippen molar-refractivity contribution in [2.75, 3.05) is 12.4 Å². The quantitative estimate of drug-likeness (QED) is 0.698. The number of halogens is 1. The number of hydrogen-bond acceptors (Lipinski definition) is 4. The van der Waals surface area contributed by atoms with E-state index >= 15 is 0 Å². The van der Waals surface area contributed by atoms with Gasteiger partial charge in [-0.2, -0.15) is 0 Å². The number of aliphatic hydroxyl groups excluding tert-OH is 1. The summed E-state index contributed by atoms with van der Waals surface area (Å²) in [5.74, 6) is -0.717. The van der Waals surface area contributed by atoms with Crippen LogP contribution in [0.4, 0.5) is 4.39 Å². The number of sulfone groups is 1. The number of carbonyl (C=O) groups excluding carboxylic acids is 1. The summed E-state index contributed by atoms with van der Waals surface area (Å²) in [5, 5.41) is 9.59. The topological polar surface area (TPSA) is 76.4 Å². The van der Waals surface area contributed by atoms with Crippen LogP contribution in [0.2, 0.25) is 0 Å². The van der Waals surface area contributed by atoms with Crippen LogP contribution in [0, 0.1) is 5.82 Å². The van der Waals surface area contributed by atoms with Crippen LogP contribution in [0.5, 0.6) is 0 Å². The highest BCUT2D eigenvalue weighted by Gasteiger charge is 2.28. The molecule has 3 aromatic rings. The molecule has 0 saturated carbocycles. The molecular weight excluding hydrogens is 369 g/mol. The number of fused-ring (bicyclic) bond motifs is 3. The Hall–Kier alpha value is -2.51. The number of rotatable bonds is 4. The minimum Gasteiger partial charge on any atom is -0.388 e. The van der Waals surface area contributed by atoms with Gasteiger partial charge in [0.1, 0.15) is 12.4 Å². The molecule has 2 heterocycles. The number of hydrogen-bond donors (Lipinski definition) is 1. The first-order chi connectivity index (χ1) is 12.9. The summed E-state index contributed by atoms with van der Waals surface area (Å²) >= 11 is 0. The van der Waals surface area contributed by atoms with E-state index in [0.717, 1.165) is 16.8 Å². The standard InChI is InChI=1S/C20H18FNO4S/c21-15-5-6-18-16(9-15)17-12-27(25,26)8-7-19(17)22(18)10-13-1-3-14(4-2-13)20(24)11-23/h1-6,9,23H,7-8,10-12H2. The van der Waals surface area contributed by atoms with Crippen molar-refractivity contribution in [3.8, 4) is 0 Å². The molecule has 2 aromatic carbocycles. The van der Waals surface area contributed by atoms with Crippen LogP contribution in [0.15, 0.2) is 42.5 Å². The number of Topliss-reactive ketones (excluding diaryl/α,β-unsaturated/α-hetero) is 1. The number of benzene rings is 2. The van der Waals surface area contributed by atoms with Gasteiger partial charge in [0.15, 0.2) is 15.6 Å². The SMILES string of the molecule is O=C(CO)c1ccc(Cn2c3c(c4cc(F)ccc42)CS(=O)(=O)CC3)cc1. The molecule has 140 valence electrons. The summed E-state index contributed by atoms with van der Waals surface area (Å²) in [6, 6.07) is 11.4. The number of aromatic nitrogens is 1. The summed E-state index contributed by atoms with van der Waals surface area (Å²) in [7, 11) is -3.18. The van der Waals surface area contributed by atoms with Crippen LogP contribution in [0.1, 0.15) is 27.2 Å². The number of carbonyl (C=O) groups is 1. The molecule has 1 aliphatic heterocycles. The number of ketones is 1. The van der Waals surface area contributed by atoms with Gasteiger partial charge in [0.05, 0.1) is 11.5 Å². The van der Waals surface area contributed by atoms with E-state index in [1.165, 1.54) is 12.1 Å². The predicted molar refractivity (Wildman–Crippen MR) is 100 cm³/mol. The van der Waals surface area contributed by atoms with Crippen LogP contribution in [-0.4, -0.2) is 36.2 Å². The Balaban J connectivity index is 1.79. The van der Waals surface area contributed by atoms with Crippen LogP contribution in [0.25, 0.3) is 10.9 Å². The van der Waals surface area contributed by atoms with Gasteiger partial charge in [0.25, 0.3) is 0 Å². The fraction of sp³-hybridized carbons (Fsp3) is 0.250. The molecule has 0 atom stereocenters. The predicted octanol–water partition coefficient (Wildman–Crippen LogP) is 2.47. The van der Waals surface area contributed by atoms with E-state index in [0.29, 0.717) is 29.5 Å². The highest BCUT2D eigenvalue weighted by atomic mass is 32.2. The molecule has 5 nitrogen and oxygen atoms in total. The van der Waals surface area contributed by atoms with Gasteiger partial charge < -0.3 is 9.67 Å². The molecule has 0 radical (unpaired) electrons. The third-order valence-corrected chi connectivity index (χ3v) is 6.58. The van der Waals surface area contributed by atoms with E-state index in [1.54, 1.807) is 18.2 Å². The molecule has 7 heteroatoms. The van der Waals surface area contributed by atoms with E-state index in [2.05, 4.69) is 0 Å². The fourth-order valence-electron chi connectivity index (χ4n) is 3.69. The largest absolute Gasteiger partial charge is 0.388 e.